The van der Waals surface area contributed by atoms with Gasteiger partial charge in [-0.05, 0) is 36.6 Å². The normalized spacial score (nSPS) is 14.2. The zero-order valence-corrected chi connectivity index (χ0v) is 17.6. The molecule has 0 saturated heterocycles. The van der Waals surface area contributed by atoms with Crippen molar-refractivity contribution in [3.8, 4) is 0 Å². The second kappa shape index (κ2) is 8.35. The van der Waals surface area contributed by atoms with Crippen LogP contribution in [0, 0.1) is 0 Å². The van der Waals surface area contributed by atoms with Crippen molar-refractivity contribution in [2.75, 3.05) is 11.9 Å². The summed E-state index contributed by atoms with van der Waals surface area (Å²) in [6.45, 7) is 0.980. The summed E-state index contributed by atoms with van der Waals surface area (Å²) in [6, 6.07) is 9.99. The molecule has 1 aliphatic carbocycles. The fourth-order valence-corrected chi connectivity index (χ4v) is 4.09. The standard InChI is InChI=1S/C20H21ClN4O4S/c21-17-4-2-1-3-13(17)9-20(26)23-14-10-18-16(19(11-14)30(22,27)28)12-25(24-18)7-8-29-15-5-6-15/h1-4,10-12,15H,5-9H2,(H,23,26)(H2,22,27,28). The number of hydrogen-bond donors (Lipinski definition) is 2. The van der Waals surface area contributed by atoms with Gasteiger partial charge in [0.05, 0.1) is 36.1 Å². The van der Waals surface area contributed by atoms with Gasteiger partial charge in [-0.15, -0.1) is 0 Å². The van der Waals surface area contributed by atoms with E-state index in [0.717, 1.165) is 12.8 Å². The minimum absolute atomic E-state index is 0.0510. The molecule has 1 heterocycles. The van der Waals surface area contributed by atoms with Crippen LogP contribution in [0.4, 0.5) is 5.69 Å². The maximum Gasteiger partial charge on any atom is 0.238 e. The summed E-state index contributed by atoms with van der Waals surface area (Å²) >= 11 is 6.10. The van der Waals surface area contributed by atoms with E-state index in [4.69, 9.17) is 21.5 Å². The van der Waals surface area contributed by atoms with E-state index < -0.39 is 10.0 Å². The fraction of sp³-hybridized carbons (Fsp3) is 0.300. The molecule has 1 fully saturated rings. The number of primary sulfonamides is 1. The lowest BCUT2D eigenvalue weighted by atomic mass is 10.1. The van der Waals surface area contributed by atoms with E-state index in [1.807, 2.05) is 0 Å². The Morgan fingerprint density at radius 3 is 2.77 bits per heavy atom. The van der Waals surface area contributed by atoms with Crippen LogP contribution >= 0.6 is 11.6 Å². The maximum atomic E-state index is 12.5. The molecular formula is C20H21ClN4O4S. The SMILES string of the molecule is NS(=O)(=O)c1cc(NC(=O)Cc2ccccc2Cl)cc2nn(CCOC3CC3)cc12. The lowest BCUT2D eigenvalue weighted by Crippen LogP contribution is -2.16. The molecule has 0 radical (unpaired) electrons. The molecule has 1 aliphatic rings. The summed E-state index contributed by atoms with van der Waals surface area (Å²) < 4.78 is 31.5. The Balaban J connectivity index is 1.57. The van der Waals surface area contributed by atoms with E-state index in [9.17, 15) is 13.2 Å². The average molecular weight is 449 g/mol. The van der Waals surface area contributed by atoms with E-state index in [2.05, 4.69) is 10.4 Å². The molecule has 0 bridgehead atoms. The number of aromatic nitrogens is 2. The first-order valence-corrected chi connectivity index (χ1v) is 11.4. The number of nitrogens with zero attached hydrogens (tertiary/aromatic N) is 2. The van der Waals surface area contributed by atoms with Gasteiger partial charge in [0.25, 0.3) is 0 Å². The third-order valence-electron chi connectivity index (χ3n) is 4.73. The number of rotatable bonds is 8. The second-order valence-corrected chi connectivity index (χ2v) is 9.17. The zero-order valence-electron chi connectivity index (χ0n) is 16.0. The van der Waals surface area contributed by atoms with Gasteiger partial charge in [0.1, 0.15) is 0 Å². The number of amides is 1. The third kappa shape index (κ3) is 4.99. The number of halogens is 1. The summed E-state index contributed by atoms with van der Waals surface area (Å²) in [4.78, 5) is 12.4. The minimum atomic E-state index is -4.02. The molecule has 1 aromatic heterocycles. The highest BCUT2D eigenvalue weighted by Crippen LogP contribution is 2.27. The highest BCUT2D eigenvalue weighted by Gasteiger charge is 2.22. The zero-order chi connectivity index (χ0) is 21.3. The van der Waals surface area contributed by atoms with Crippen LogP contribution in [0.1, 0.15) is 18.4 Å². The smallest absolute Gasteiger partial charge is 0.238 e. The summed E-state index contributed by atoms with van der Waals surface area (Å²) in [6.07, 6.45) is 4.16. The lowest BCUT2D eigenvalue weighted by Gasteiger charge is -2.08. The predicted molar refractivity (Wildman–Crippen MR) is 114 cm³/mol. The topological polar surface area (TPSA) is 116 Å². The molecule has 10 heteroatoms. The van der Waals surface area contributed by atoms with Crippen molar-refractivity contribution in [3.05, 3.63) is 53.2 Å². The summed E-state index contributed by atoms with van der Waals surface area (Å²) in [5, 5.41) is 13.4. The highest BCUT2D eigenvalue weighted by molar-refractivity contribution is 7.89. The van der Waals surface area contributed by atoms with Crippen LogP contribution in [0.25, 0.3) is 10.9 Å². The summed E-state index contributed by atoms with van der Waals surface area (Å²) in [5.74, 6) is -0.333. The first kappa shape index (κ1) is 20.8. The number of carbonyl (C=O) groups excluding carboxylic acids is 1. The van der Waals surface area contributed by atoms with Gasteiger partial charge in [0.15, 0.2) is 0 Å². The average Bonchev–Trinajstić information content (AvgIpc) is 3.40. The quantitative estimate of drug-likeness (QED) is 0.549. The van der Waals surface area contributed by atoms with Crippen molar-refractivity contribution in [1.29, 1.82) is 0 Å². The number of nitrogens with one attached hydrogen (secondary N) is 1. The van der Waals surface area contributed by atoms with Gasteiger partial charge in [-0.3, -0.25) is 9.48 Å². The molecular weight excluding hydrogens is 428 g/mol. The van der Waals surface area contributed by atoms with Gasteiger partial charge in [-0.2, -0.15) is 5.10 Å². The first-order valence-electron chi connectivity index (χ1n) is 9.48. The van der Waals surface area contributed by atoms with Gasteiger partial charge < -0.3 is 10.1 Å². The number of nitrogens with two attached hydrogens (primary N) is 1. The number of fused-ring (bicyclic) bond motifs is 1. The Kier molecular flexibility index (Phi) is 5.79. The number of sulfonamides is 1. The number of benzene rings is 2. The Labute approximate surface area is 179 Å². The van der Waals surface area contributed by atoms with Crippen LogP contribution in [0.15, 0.2) is 47.5 Å². The summed E-state index contributed by atoms with van der Waals surface area (Å²) in [5.41, 5.74) is 1.38. The molecule has 4 rings (SSSR count). The molecule has 0 atom stereocenters. The predicted octanol–water partition coefficient (Wildman–Crippen LogP) is 2.70. The Bertz CT molecular complexity index is 1200. The Morgan fingerprint density at radius 1 is 1.30 bits per heavy atom. The molecule has 0 unspecified atom stereocenters. The van der Waals surface area contributed by atoms with E-state index >= 15 is 0 Å². The molecule has 0 spiro atoms. The van der Waals surface area contributed by atoms with Crippen LogP contribution in [-0.2, 0) is 32.5 Å². The van der Waals surface area contributed by atoms with E-state index in [1.165, 1.54) is 6.07 Å². The van der Waals surface area contributed by atoms with Crippen molar-refractivity contribution >= 4 is 44.1 Å². The Hall–Kier alpha value is -2.46. The van der Waals surface area contributed by atoms with Gasteiger partial charge in [-0.25, -0.2) is 13.6 Å². The van der Waals surface area contributed by atoms with Crippen molar-refractivity contribution in [1.82, 2.24) is 9.78 Å². The highest BCUT2D eigenvalue weighted by atomic mass is 35.5. The van der Waals surface area contributed by atoms with Crippen LogP contribution in [0.5, 0.6) is 0 Å². The molecule has 30 heavy (non-hydrogen) atoms. The minimum Gasteiger partial charge on any atom is -0.376 e. The molecule has 2 aromatic carbocycles. The van der Waals surface area contributed by atoms with Crippen molar-refractivity contribution in [2.24, 2.45) is 5.14 Å². The van der Waals surface area contributed by atoms with E-state index in [0.29, 0.717) is 46.4 Å². The number of carbonyl (C=O) groups is 1. The third-order valence-corrected chi connectivity index (χ3v) is 6.05. The molecule has 3 aromatic rings. The van der Waals surface area contributed by atoms with E-state index in [-0.39, 0.29) is 17.2 Å². The first-order chi connectivity index (χ1) is 14.3. The van der Waals surface area contributed by atoms with Crippen molar-refractivity contribution in [3.63, 3.8) is 0 Å². The maximum absolute atomic E-state index is 12.5. The lowest BCUT2D eigenvalue weighted by molar-refractivity contribution is -0.115. The summed E-state index contributed by atoms with van der Waals surface area (Å²) in [7, 11) is -4.02. The Morgan fingerprint density at radius 2 is 2.07 bits per heavy atom. The second-order valence-electron chi connectivity index (χ2n) is 7.23. The number of anilines is 1. The van der Waals surface area contributed by atoms with Crippen LogP contribution in [0.3, 0.4) is 0 Å². The fourth-order valence-electron chi connectivity index (χ4n) is 3.13. The van der Waals surface area contributed by atoms with E-state index in [1.54, 1.807) is 41.2 Å². The van der Waals surface area contributed by atoms with Crippen LogP contribution < -0.4 is 10.5 Å². The largest absolute Gasteiger partial charge is 0.376 e. The number of hydrogen-bond acceptors (Lipinski definition) is 5. The van der Waals surface area contributed by atoms with Crippen LogP contribution in [-0.4, -0.2) is 36.8 Å². The van der Waals surface area contributed by atoms with Crippen molar-refractivity contribution < 1.29 is 17.9 Å². The van der Waals surface area contributed by atoms with Crippen LogP contribution in [0.2, 0.25) is 5.02 Å². The molecule has 0 aliphatic heterocycles. The molecule has 1 saturated carbocycles. The molecule has 3 N–H and O–H groups in total. The molecule has 8 nitrogen and oxygen atoms in total. The number of ether oxygens (including phenoxy) is 1. The molecule has 1 amide bonds. The van der Waals surface area contributed by atoms with Gasteiger partial charge in [-0.1, -0.05) is 29.8 Å². The van der Waals surface area contributed by atoms with Crippen molar-refractivity contribution in [2.45, 2.75) is 36.8 Å². The van der Waals surface area contributed by atoms with Gasteiger partial charge in [0, 0.05) is 22.3 Å². The molecule has 158 valence electrons. The monoisotopic (exact) mass is 448 g/mol. The van der Waals surface area contributed by atoms with Gasteiger partial charge in [0.2, 0.25) is 15.9 Å². The van der Waals surface area contributed by atoms with Gasteiger partial charge >= 0.3 is 0 Å².